The zero-order valence-corrected chi connectivity index (χ0v) is 51.9. The Morgan fingerprint density at radius 3 is 1.54 bits per heavy atom. The van der Waals surface area contributed by atoms with E-state index in [0.29, 0.717) is 0 Å². The van der Waals surface area contributed by atoms with Crippen molar-refractivity contribution in [2.75, 3.05) is 9.80 Å². The second-order valence-electron chi connectivity index (χ2n) is 32.1. The quantitative estimate of drug-likeness (QED) is 0.159. The number of rotatable bonds is 2. The topological polar surface area (TPSA) is 6.48 Å². The van der Waals surface area contributed by atoms with E-state index in [4.69, 9.17) is 0 Å². The van der Waals surface area contributed by atoms with E-state index in [9.17, 15) is 0 Å². The number of anilines is 6. The first kappa shape index (κ1) is 51.1. The Kier molecular flexibility index (Phi) is 10.1. The molecule has 1 atom stereocenters. The van der Waals surface area contributed by atoms with Crippen molar-refractivity contribution in [3.63, 3.8) is 0 Å². The average molecular weight is 1050 g/mol. The lowest BCUT2D eigenvalue weighted by molar-refractivity contribution is 0.327. The van der Waals surface area contributed by atoms with Crippen LogP contribution >= 0.6 is 11.3 Å². The molecule has 4 aliphatic carbocycles. The van der Waals surface area contributed by atoms with Gasteiger partial charge in [-0.05, 0) is 222 Å². The third-order valence-corrected chi connectivity index (χ3v) is 23.8. The number of nitrogens with zero attached hydrogens (tertiary/aromatic N) is 2. The van der Waals surface area contributed by atoms with E-state index in [1.807, 2.05) is 0 Å². The number of aryl methyl sites for hydroxylation is 1. The van der Waals surface area contributed by atoms with Crippen LogP contribution in [-0.4, -0.2) is 6.71 Å². The van der Waals surface area contributed by atoms with Gasteiger partial charge in [-0.15, -0.1) is 11.3 Å². The number of hydrogen-bond acceptors (Lipinski definition) is 3. The molecule has 402 valence electrons. The van der Waals surface area contributed by atoms with Gasteiger partial charge >= 0.3 is 0 Å². The van der Waals surface area contributed by atoms with Crippen LogP contribution in [0.3, 0.4) is 0 Å². The molecule has 0 spiro atoms. The maximum atomic E-state index is 2.85. The van der Waals surface area contributed by atoms with Gasteiger partial charge in [-0.3, -0.25) is 0 Å². The monoisotopic (exact) mass is 1050 g/mol. The second kappa shape index (κ2) is 15.5. The van der Waals surface area contributed by atoms with Crippen molar-refractivity contribution in [3.8, 4) is 11.1 Å². The van der Waals surface area contributed by atoms with Gasteiger partial charge in [-0.2, -0.15) is 0 Å². The molecule has 0 radical (unpaired) electrons. The van der Waals surface area contributed by atoms with Crippen molar-refractivity contribution in [1.82, 2.24) is 0 Å². The second-order valence-corrected chi connectivity index (χ2v) is 33.2. The third-order valence-electron chi connectivity index (χ3n) is 22.5. The molecule has 0 saturated carbocycles. The Hall–Kier alpha value is -5.06. The minimum atomic E-state index is -0.124. The summed E-state index contributed by atoms with van der Waals surface area (Å²) in [6.07, 6.45) is 9.52. The number of fused-ring (bicyclic) bond motifs is 12. The standard InChI is InChI=1S/C74H87BN2S/c1-42-34-58-62-59(35-42)77-57-40-52-51(71(13,14)29-30-72(52,15)16)39-54(57)74(19)33-32-68(7,8)48-23-24-55(64(77)61(48)74)75(62)65-63(46-38-50-53(41-60(46)78-65)73(17,18)31-28-70(50,11)12)76(58)56-25-21-44(66(2,3)4)37-45(56)43-20-22-47-49(36-43)69(9,10)27-26-67(47,5)6/h20-25,34-41H,26-33H2,1-19H3. The summed E-state index contributed by atoms with van der Waals surface area (Å²) in [4.78, 5) is 5.67. The van der Waals surface area contributed by atoms with E-state index in [0.717, 1.165) is 6.42 Å². The first-order chi connectivity index (χ1) is 36.3. The fourth-order valence-corrected chi connectivity index (χ4v) is 18.2. The minimum absolute atomic E-state index is 0.0352. The van der Waals surface area contributed by atoms with Gasteiger partial charge in [0.05, 0.1) is 17.1 Å². The Bertz CT molecular complexity index is 3820. The van der Waals surface area contributed by atoms with Crippen LogP contribution in [0.4, 0.5) is 34.1 Å². The van der Waals surface area contributed by atoms with Crippen molar-refractivity contribution in [1.29, 1.82) is 0 Å². The predicted octanol–water partition coefficient (Wildman–Crippen LogP) is 19.0. The SMILES string of the molecule is Cc1cc2c3c(c1)N(c1ccc(C(C)(C)C)cc1-c1ccc4c(c1)C(C)(C)CCC4(C)C)c1c(sc4cc5c(cc14)C(C)(C)CCC5(C)C)B3c1ccc3c4c1N2c1cc2c(cc1C4(C)CCC3(C)C)C(C)(C)CCC2(C)C. The third kappa shape index (κ3) is 6.80. The maximum Gasteiger partial charge on any atom is 0.264 e. The summed E-state index contributed by atoms with van der Waals surface area (Å²) >= 11 is 2.11. The molecule has 4 heterocycles. The van der Waals surface area contributed by atoms with Crippen LogP contribution in [0.2, 0.25) is 0 Å². The average Bonchev–Trinajstić information content (AvgIpc) is 1.62. The summed E-state index contributed by atoms with van der Waals surface area (Å²) in [7, 11) is 0. The highest BCUT2D eigenvalue weighted by atomic mass is 32.1. The lowest BCUT2D eigenvalue weighted by atomic mass is 9.35. The van der Waals surface area contributed by atoms with E-state index in [1.165, 1.54) is 149 Å². The molecule has 4 heteroatoms. The fourth-order valence-electron chi connectivity index (χ4n) is 16.9. The zero-order valence-electron chi connectivity index (χ0n) is 51.1. The number of benzene rings is 6. The smallest absolute Gasteiger partial charge is 0.264 e. The molecule has 0 fully saturated rings. The minimum Gasteiger partial charge on any atom is -0.311 e. The fraction of sp³-hybridized carbons (Fsp3) is 0.486. The Labute approximate surface area is 473 Å². The predicted molar refractivity (Wildman–Crippen MR) is 339 cm³/mol. The van der Waals surface area contributed by atoms with E-state index in [2.05, 4.69) is 238 Å². The Morgan fingerprint density at radius 1 is 0.436 bits per heavy atom. The summed E-state index contributed by atoms with van der Waals surface area (Å²) in [6, 6.07) is 36.5. The summed E-state index contributed by atoms with van der Waals surface area (Å²) in [5.41, 5.74) is 30.9. The molecule has 1 aromatic heterocycles. The van der Waals surface area contributed by atoms with Crippen LogP contribution in [-0.2, 0) is 48.7 Å². The van der Waals surface area contributed by atoms with Crippen LogP contribution in [0.5, 0.6) is 0 Å². The molecule has 0 amide bonds. The van der Waals surface area contributed by atoms with Crippen molar-refractivity contribution >= 4 is 78.0 Å². The van der Waals surface area contributed by atoms with E-state index in [-0.39, 0.29) is 55.4 Å². The van der Waals surface area contributed by atoms with Crippen molar-refractivity contribution in [2.45, 2.75) is 232 Å². The molecule has 0 saturated heterocycles. The summed E-state index contributed by atoms with van der Waals surface area (Å²) in [6.45, 7) is 47.4. The lowest BCUT2D eigenvalue weighted by Crippen LogP contribution is -2.62. The molecule has 3 aliphatic heterocycles. The number of hydrogen-bond donors (Lipinski definition) is 0. The molecular formula is C74H87BN2S. The van der Waals surface area contributed by atoms with Gasteiger partial charge in [0, 0.05) is 42.9 Å². The molecule has 0 bridgehead atoms. The Balaban J connectivity index is 1.13. The summed E-state index contributed by atoms with van der Waals surface area (Å²) in [5, 5.41) is 1.41. The molecular weight excluding hydrogens is 960 g/mol. The van der Waals surface area contributed by atoms with Crippen LogP contribution < -0.4 is 25.5 Å². The first-order valence-corrected chi connectivity index (χ1v) is 31.1. The van der Waals surface area contributed by atoms with E-state index < -0.39 is 0 Å². The summed E-state index contributed by atoms with van der Waals surface area (Å²) < 4.78 is 2.92. The first-order valence-electron chi connectivity index (χ1n) is 30.3. The highest BCUT2D eigenvalue weighted by Gasteiger charge is 2.55. The maximum absolute atomic E-state index is 2.85. The largest absolute Gasteiger partial charge is 0.311 e. The van der Waals surface area contributed by atoms with Crippen molar-refractivity contribution in [3.05, 3.63) is 146 Å². The van der Waals surface area contributed by atoms with Crippen LogP contribution in [0.15, 0.2) is 84.9 Å². The molecule has 7 aliphatic rings. The van der Waals surface area contributed by atoms with Gasteiger partial charge in [0.25, 0.3) is 6.71 Å². The normalized spacial score (nSPS) is 23.3. The zero-order chi connectivity index (χ0) is 55.4. The Morgan fingerprint density at radius 2 is 0.936 bits per heavy atom. The molecule has 7 aromatic rings. The highest BCUT2D eigenvalue weighted by molar-refractivity contribution is 7.33. The van der Waals surface area contributed by atoms with Gasteiger partial charge in [0.1, 0.15) is 0 Å². The van der Waals surface area contributed by atoms with Gasteiger partial charge < -0.3 is 9.80 Å². The molecule has 1 unspecified atom stereocenters. The molecule has 2 nitrogen and oxygen atoms in total. The van der Waals surface area contributed by atoms with Gasteiger partial charge in [-0.25, -0.2) is 0 Å². The summed E-state index contributed by atoms with van der Waals surface area (Å²) in [5.74, 6) is 0. The highest BCUT2D eigenvalue weighted by Crippen LogP contribution is 2.64. The molecule has 78 heavy (non-hydrogen) atoms. The van der Waals surface area contributed by atoms with Crippen LogP contribution in [0.25, 0.3) is 21.2 Å². The molecule has 14 rings (SSSR count). The van der Waals surface area contributed by atoms with E-state index >= 15 is 0 Å². The molecule has 6 aromatic carbocycles. The van der Waals surface area contributed by atoms with Crippen molar-refractivity contribution < 1.29 is 0 Å². The van der Waals surface area contributed by atoms with Crippen molar-refractivity contribution in [2.24, 2.45) is 0 Å². The van der Waals surface area contributed by atoms with Gasteiger partial charge in [0.15, 0.2) is 0 Å². The lowest BCUT2D eigenvalue weighted by Gasteiger charge is -2.55. The van der Waals surface area contributed by atoms with Gasteiger partial charge in [0.2, 0.25) is 0 Å². The number of thiophene rings is 1. The van der Waals surface area contributed by atoms with Gasteiger partial charge in [-0.1, -0.05) is 167 Å². The van der Waals surface area contributed by atoms with Crippen LogP contribution in [0.1, 0.15) is 237 Å². The van der Waals surface area contributed by atoms with Crippen LogP contribution in [0, 0.1) is 6.92 Å². The van der Waals surface area contributed by atoms with E-state index in [1.54, 1.807) is 27.8 Å². The molecule has 0 N–H and O–H groups in total.